The lowest BCUT2D eigenvalue weighted by Gasteiger charge is -2.55. The largest absolute Gasteiger partial charge is 0.469 e. The Morgan fingerprint density at radius 1 is 1.11 bits per heavy atom. The third-order valence-corrected chi connectivity index (χ3v) is 5.83. The van der Waals surface area contributed by atoms with Crippen LogP contribution in [-0.4, -0.2) is 60.1 Å². The molecule has 0 spiro atoms. The maximum Gasteiger partial charge on any atom is 0.311 e. The zero-order chi connectivity index (χ0) is 20.8. The van der Waals surface area contributed by atoms with Crippen LogP contribution in [0.15, 0.2) is 0 Å². The second kappa shape index (κ2) is 9.85. The first-order valence-corrected chi connectivity index (χ1v) is 9.83. The van der Waals surface area contributed by atoms with Gasteiger partial charge in [0.25, 0.3) is 0 Å². The van der Waals surface area contributed by atoms with Crippen LogP contribution in [0.5, 0.6) is 0 Å². The number of aliphatic hydroxyl groups is 1. The number of aliphatic hydroxyl groups excluding tert-OH is 1. The van der Waals surface area contributed by atoms with E-state index in [-0.39, 0.29) is 29.8 Å². The van der Waals surface area contributed by atoms with Crippen LogP contribution in [0, 0.1) is 11.8 Å². The number of piperidine rings is 1. The molecule has 1 saturated heterocycles. The number of methoxy groups -OCH3 is 2. The number of hydrogen-bond acceptors (Lipinski definition) is 7. The molecule has 0 aliphatic carbocycles. The first-order valence-electron chi connectivity index (χ1n) is 9.83. The summed E-state index contributed by atoms with van der Waals surface area (Å²) in [7, 11) is 2.67. The summed E-state index contributed by atoms with van der Waals surface area (Å²) in [5.74, 6) is -1.76. The quantitative estimate of drug-likeness (QED) is 0.609. The third kappa shape index (κ3) is 5.65. The van der Waals surface area contributed by atoms with E-state index in [1.165, 1.54) is 14.2 Å². The second-order valence-electron chi connectivity index (χ2n) is 8.28. The fraction of sp³-hybridized carbons (Fsp3) is 0.900. The van der Waals surface area contributed by atoms with Gasteiger partial charge in [-0.25, -0.2) is 0 Å². The molecule has 0 saturated carbocycles. The predicted octanol–water partition coefficient (Wildman–Crippen LogP) is 2.70. The Morgan fingerprint density at radius 2 is 1.67 bits per heavy atom. The minimum Gasteiger partial charge on any atom is -0.469 e. The zero-order valence-corrected chi connectivity index (χ0v) is 17.9. The summed E-state index contributed by atoms with van der Waals surface area (Å²) >= 11 is 0. The molecule has 0 aromatic rings. The van der Waals surface area contributed by atoms with E-state index in [1.54, 1.807) is 6.92 Å². The van der Waals surface area contributed by atoms with Crippen molar-refractivity contribution in [3.63, 3.8) is 0 Å². The lowest BCUT2D eigenvalue weighted by molar-refractivity contribution is -0.307. The van der Waals surface area contributed by atoms with Crippen molar-refractivity contribution < 1.29 is 29.0 Å². The fourth-order valence-electron chi connectivity index (χ4n) is 4.32. The highest BCUT2D eigenvalue weighted by Crippen LogP contribution is 2.43. The van der Waals surface area contributed by atoms with Crippen molar-refractivity contribution >= 4 is 11.9 Å². The van der Waals surface area contributed by atoms with Gasteiger partial charge >= 0.3 is 11.9 Å². The standard InChI is InChI=1S/C20H37NO6/c1-8-20(9-2)12-16(22)11-19(4,5)21(20)27-13-15(18(24)26-7)10-14(3)17(23)25-6/h14-16,22H,8-13H2,1-7H3. The molecule has 1 aliphatic heterocycles. The molecule has 7 nitrogen and oxygen atoms in total. The minimum atomic E-state index is -0.571. The van der Waals surface area contributed by atoms with Gasteiger partial charge in [0.1, 0.15) is 0 Å². The van der Waals surface area contributed by atoms with E-state index in [1.807, 2.05) is 18.9 Å². The van der Waals surface area contributed by atoms with Gasteiger partial charge in [0.05, 0.1) is 38.8 Å². The molecule has 27 heavy (non-hydrogen) atoms. The molecule has 7 heteroatoms. The zero-order valence-electron chi connectivity index (χ0n) is 17.9. The molecule has 1 fully saturated rings. The first-order chi connectivity index (χ1) is 12.6. The summed E-state index contributed by atoms with van der Waals surface area (Å²) in [6, 6.07) is 0. The molecule has 0 radical (unpaired) electrons. The van der Waals surface area contributed by atoms with Gasteiger partial charge in [0.15, 0.2) is 0 Å². The Labute approximate surface area is 163 Å². The number of hydroxylamine groups is 2. The van der Waals surface area contributed by atoms with Crippen LogP contribution in [0.1, 0.15) is 66.7 Å². The van der Waals surface area contributed by atoms with Gasteiger partial charge in [-0.2, -0.15) is 5.06 Å². The number of ether oxygens (including phenoxy) is 2. The normalized spacial score (nSPS) is 24.1. The van der Waals surface area contributed by atoms with Crippen LogP contribution < -0.4 is 0 Å². The van der Waals surface area contributed by atoms with Crippen LogP contribution in [-0.2, 0) is 23.9 Å². The van der Waals surface area contributed by atoms with Gasteiger partial charge in [-0.3, -0.25) is 14.4 Å². The average Bonchev–Trinajstić information content (AvgIpc) is 2.63. The van der Waals surface area contributed by atoms with Gasteiger partial charge in [0, 0.05) is 11.1 Å². The van der Waals surface area contributed by atoms with E-state index in [0.29, 0.717) is 19.3 Å². The molecule has 0 aromatic heterocycles. The summed E-state index contributed by atoms with van der Waals surface area (Å²) in [5.41, 5.74) is -0.672. The molecule has 1 rings (SSSR count). The van der Waals surface area contributed by atoms with Crippen molar-refractivity contribution in [3.8, 4) is 0 Å². The number of rotatable bonds is 9. The Morgan fingerprint density at radius 3 is 2.15 bits per heavy atom. The van der Waals surface area contributed by atoms with E-state index < -0.39 is 17.8 Å². The Balaban J connectivity index is 2.98. The van der Waals surface area contributed by atoms with Crippen molar-refractivity contribution in [1.82, 2.24) is 5.06 Å². The average molecular weight is 388 g/mol. The van der Waals surface area contributed by atoms with Gasteiger partial charge in [-0.15, -0.1) is 0 Å². The predicted molar refractivity (Wildman–Crippen MR) is 102 cm³/mol. The molecule has 0 bridgehead atoms. The van der Waals surface area contributed by atoms with Gasteiger partial charge in [-0.05, 0) is 46.0 Å². The maximum absolute atomic E-state index is 12.2. The monoisotopic (exact) mass is 387 g/mol. The molecule has 3 atom stereocenters. The molecule has 0 aromatic carbocycles. The topological polar surface area (TPSA) is 85.3 Å². The highest BCUT2D eigenvalue weighted by molar-refractivity contribution is 5.75. The number of carbonyl (C=O) groups is 2. The fourth-order valence-corrected chi connectivity index (χ4v) is 4.32. The van der Waals surface area contributed by atoms with Crippen molar-refractivity contribution in [2.45, 2.75) is 83.9 Å². The Bertz CT molecular complexity index is 503. The number of nitrogens with zero attached hydrogens (tertiary/aromatic N) is 1. The Kier molecular flexibility index (Phi) is 8.70. The summed E-state index contributed by atoms with van der Waals surface area (Å²) in [6.45, 7) is 10.1. The summed E-state index contributed by atoms with van der Waals surface area (Å²) in [6.07, 6.45) is 2.79. The summed E-state index contributed by atoms with van der Waals surface area (Å²) < 4.78 is 9.67. The second-order valence-corrected chi connectivity index (χ2v) is 8.28. The van der Waals surface area contributed by atoms with E-state index in [0.717, 1.165) is 12.8 Å². The Hall–Kier alpha value is -1.18. The van der Waals surface area contributed by atoms with E-state index in [2.05, 4.69) is 13.8 Å². The van der Waals surface area contributed by atoms with Gasteiger partial charge in [0.2, 0.25) is 0 Å². The van der Waals surface area contributed by atoms with Crippen molar-refractivity contribution in [3.05, 3.63) is 0 Å². The van der Waals surface area contributed by atoms with Crippen LogP contribution in [0.2, 0.25) is 0 Å². The number of esters is 2. The van der Waals surface area contributed by atoms with Crippen LogP contribution in [0.4, 0.5) is 0 Å². The van der Waals surface area contributed by atoms with Crippen molar-refractivity contribution in [2.24, 2.45) is 11.8 Å². The SMILES string of the molecule is CCC1(CC)CC(O)CC(C)(C)N1OCC(CC(C)C(=O)OC)C(=O)OC. The molecule has 1 heterocycles. The molecule has 1 aliphatic rings. The van der Waals surface area contributed by atoms with E-state index in [4.69, 9.17) is 14.3 Å². The minimum absolute atomic E-state index is 0.120. The molecular formula is C20H37NO6. The number of carbonyl (C=O) groups excluding carboxylic acids is 2. The molecular weight excluding hydrogens is 350 g/mol. The number of hydrogen-bond donors (Lipinski definition) is 1. The smallest absolute Gasteiger partial charge is 0.311 e. The molecule has 1 N–H and O–H groups in total. The highest BCUT2D eigenvalue weighted by Gasteiger charge is 2.49. The van der Waals surface area contributed by atoms with Crippen molar-refractivity contribution in [1.29, 1.82) is 0 Å². The van der Waals surface area contributed by atoms with Crippen LogP contribution in [0.3, 0.4) is 0 Å². The highest BCUT2D eigenvalue weighted by atomic mass is 16.7. The summed E-state index contributed by atoms with van der Waals surface area (Å²) in [5, 5.41) is 12.3. The van der Waals surface area contributed by atoms with Crippen LogP contribution in [0.25, 0.3) is 0 Å². The van der Waals surface area contributed by atoms with E-state index in [9.17, 15) is 14.7 Å². The molecule has 158 valence electrons. The lowest BCUT2D eigenvalue weighted by Crippen LogP contribution is -2.64. The van der Waals surface area contributed by atoms with Gasteiger partial charge in [-0.1, -0.05) is 20.8 Å². The molecule has 3 unspecified atom stereocenters. The third-order valence-electron chi connectivity index (χ3n) is 5.83. The lowest BCUT2D eigenvalue weighted by atomic mass is 9.75. The van der Waals surface area contributed by atoms with Crippen LogP contribution >= 0.6 is 0 Å². The van der Waals surface area contributed by atoms with E-state index >= 15 is 0 Å². The molecule has 0 amide bonds. The summed E-state index contributed by atoms with van der Waals surface area (Å²) in [4.78, 5) is 30.2. The van der Waals surface area contributed by atoms with Gasteiger partial charge < -0.3 is 14.6 Å². The maximum atomic E-state index is 12.2. The van der Waals surface area contributed by atoms with Crippen molar-refractivity contribution in [2.75, 3.05) is 20.8 Å². The first kappa shape index (κ1) is 23.9.